The van der Waals surface area contributed by atoms with E-state index in [1.807, 2.05) is 4.90 Å². The molecule has 0 aliphatic carbocycles. The zero-order valence-corrected chi connectivity index (χ0v) is 16.5. The predicted octanol–water partition coefficient (Wildman–Crippen LogP) is 3.38. The molecule has 1 saturated heterocycles. The van der Waals surface area contributed by atoms with Crippen LogP contribution in [0, 0.1) is 15.9 Å². The molecule has 1 N–H and O–H groups in total. The predicted molar refractivity (Wildman–Crippen MR) is 107 cm³/mol. The number of amides is 1. The number of benzene rings is 2. The van der Waals surface area contributed by atoms with Gasteiger partial charge in [-0.25, -0.2) is 12.8 Å². The summed E-state index contributed by atoms with van der Waals surface area (Å²) in [6.07, 6.45) is 3.96. The van der Waals surface area contributed by atoms with E-state index in [-0.39, 0.29) is 16.1 Å². The molecular formula is C19H20FN3O5S. The fourth-order valence-electron chi connectivity index (χ4n) is 3.25. The lowest BCUT2D eigenvalue weighted by Crippen LogP contribution is -2.30. The molecule has 1 heterocycles. The number of anilines is 2. The van der Waals surface area contributed by atoms with Gasteiger partial charge in [0.15, 0.2) is 9.84 Å². The van der Waals surface area contributed by atoms with E-state index < -0.39 is 32.2 Å². The summed E-state index contributed by atoms with van der Waals surface area (Å²) in [6, 6.07) is 7.01. The van der Waals surface area contributed by atoms with Gasteiger partial charge < -0.3 is 10.2 Å². The third kappa shape index (κ3) is 4.89. The number of sulfone groups is 1. The third-order valence-corrected chi connectivity index (χ3v) is 5.79. The summed E-state index contributed by atoms with van der Waals surface area (Å²) in [4.78, 5) is 24.8. The monoisotopic (exact) mass is 421 g/mol. The summed E-state index contributed by atoms with van der Waals surface area (Å²) in [5.41, 5.74) is 0.152. The van der Waals surface area contributed by atoms with Gasteiger partial charge >= 0.3 is 0 Å². The van der Waals surface area contributed by atoms with Gasteiger partial charge in [0.2, 0.25) is 0 Å². The number of nitro benzene ring substituents is 1. The Balaban J connectivity index is 1.97. The van der Waals surface area contributed by atoms with Crippen molar-refractivity contribution in [2.75, 3.05) is 29.6 Å². The average molecular weight is 421 g/mol. The lowest BCUT2D eigenvalue weighted by atomic mass is 10.1. The Morgan fingerprint density at radius 2 is 1.83 bits per heavy atom. The van der Waals surface area contributed by atoms with Gasteiger partial charge in [-0.15, -0.1) is 0 Å². The van der Waals surface area contributed by atoms with Crippen LogP contribution in [0.3, 0.4) is 0 Å². The highest BCUT2D eigenvalue weighted by molar-refractivity contribution is 7.90. The molecule has 8 nitrogen and oxygen atoms in total. The molecule has 2 aromatic carbocycles. The van der Waals surface area contributed by atoms with Crippen LogP contribution >= 0.6 is 0 Å². The van der Waals surface area contributed by atoms with E-state index in [0.29, 0.717) is 5.69 Å². The maximum Gasteiger partial charge on any atom is 0.271 e. The molecule has 1 aliphatic heterocycles. The molecule has 29 heavy (non-hydrogen) atoms. The van der Waals surface area contributed by atoms with Crippen LogP contribution in [-0.2, 0) is 9.84 Å². The van der Waals surface area contributed by atoms with E-state index in [4.69, 9.17) is 0 Å². The maximum atomic E-state index is 13.8. The molecule has 0 unspecified atom stereocenters. The Morgan fingerprint density at radius 1 is 1.14 bits per heavy atom. The quantitative estimate of drug-likeness (QED) is 0.585. The SMILES string of the molecule is CS(=O)(=O)c1cc(C(=O)Nc2cc(F)ccc2N2CCCCC2)cc([N+](=O)[O-])c1. The third-order valence-electron chi connectivity index (χ3n) is 4.70. The van der Waals surface area contributed by atoms with Crippen LogP contribution in [0.15, 0.2) is 41.3 Å². The molecule has 3 rings (SSSR count). The van der Waals surface area contributed by atoms with Crippen LogP contribution in [0.25, 0.3) is 0 Å². The Labute approximate surface area is 167 Å². The Morgan fingerprint density at radius 3 is 2.45 bits per heavy atom. The van der Waals surface area contributed by atoms with Crippen molar-refractivity contribution in [3.05, 3.63) is 57.9 Å². The molecule has 1 amide bonds. The van der Waals surface area contributed by atoms with Crippen LogP contribution in [0.2, 0.25) is 0 Å². The molecule has 0 saturated carbocycles. The molecule has 0 spiro atoms. The van der Waals surface area contributed by atoms with Gasteiger partial charge in [0.25, 0.3) is 11.6 Å². The minimum Gasteiger partial charge on any atom is -0.370 e. The number of non-ortho nitro benzene ring substituents is 1. The van der Waals surface area contributed by atoms with E-state index in [0.717, 1.165) is 56.8 Å². The molecule has 1 fully saturated rings. The van der Waals surface area contributed by atoms with E-state index in [1.165, 1.54) is 12.1 Å². The van der Waals surface area contributed by atoms with Crippen molar-refractivity contribution in [2.24, 2.45) is 0 Å². The zero-order chi connectivity index (χ0) is 21.2. The van der Waals surface area contributed by atoms with Crippen LogP contribution in [-0.4, -0.2) is 38.6 Å². The lowest BCUT2D eigenvalue weighted by molar-refractivity contribution is -0.385. The Hall–Kier alpha value is -3.01. The van der Waals surface area contributed by atoms with Gasteiger partial charge in [-0.05, 0) is 43.5 Å². The second kappa shape index (κ2) is 8.16. The summed E-state index contributed by atoms with van der Waals surface area (Å²) in [6.45, 7) is 1.53. The van der Waals surface area contributed by atoms with Gasteiger partial charge in [0.1, 0.15) is 5.82 Å². The number of halogens is 1. The fraction of sp³-hybridized carbons (Fsp3) is 0.316. The summed E-state index contributed by atoms with van der Waals surface area (Å²) >= 11 is 0. The van der Waals surface area contributed by atoms with Crippen LogP contribution in [0.4, 0.5) is 21.5 Å². The summed E-state index contributed by atoms with van der Waals surface area (Å²) in [5, 5.41) is 13.7. The topological polar surface area (TPSA) is 110 Å². The number of rotatable bonds is 5. The highest BCUT2D eigenvalue weighted by atomic mass is 32.2. The normalized spacial score (nSPS) is 14.5. The first-order chi connectivity index (χ1) is 13.6. The molecule has 0 atom stereocenters. The van der Waals surface area contributed by atoms with Crippen LogP contribution < -0.4 is 10.2 Å². The van der Waals surface area contributed by atoms with Crippen LogP contribution in [0.1, 0.15) is 29.6 Å². The number of carbonyl (C=O) groups excluding carboxylic acids is 1. The highest BCUT2D eigenvalue weighted by Crippen LogP contribution is 2.30. The van der Waals surface area contributed by atoms with Gasteiger partial charge in [0, 0.05) is 37.0 Å². The van der Waals surface area contributed by atoms with Crippen molar-refractivity contribution < 1.29 is 22.5 Å². The second-order valence-electron chi connectivity index (χ2n) is 6.91. The van der Waals surface area contributed by atoms with Crippen LogP contribution in [0.5, 0.6) is 0 Å². The Bertz CT molecular complexity index is 1070. The molecule has 0 aromatic heterocycles. The van der Waals surface area contributed by atoms with E-state index in [2.05, 4.69) is 5.32 Å². The molecular weight excluding hydrogens is 401 g/mol. The largest absolute Gasteiger partial charge is 0.370 e. The van der Waals surface area contributed by atoms with Crippen molar-refractivity contribution in [3.63, 3.8) is 0 Å². The standard InChI is InChI=1S/C19H20FN3O5S/c1-29(27,28)16-10-13(9-15(12-16)23(25)26)19(24)21-17-11-14(20)5-6-18(17)22-7-3-2-4-8-22/h5-6,9-12H,2-4,7-8H2,1H3,(H,21,24). The molecule has 1 aliphatic rings. The summed E-state index contributed by atoms with van der Waals surface area (Å²) in [5.74, 6) is -1.31. The summed E-state index contributed by atoms with van der Waals surface area (Å²) < 4.78 is 37.5. The van der Waals surface area contributed by atoms with Gasteiger partial charge in [0.05, 0.1) is 21.2 Å². The van der Waals surface area contributed by atoms with Gasteiger partial charge in [-0.3, -0.25) is 14.9 Å². The number of hydrogen-bond donors (Lipinski definition) is 1. The highest BCUT2D eigenvalue weighted by Gasteiger charge is 2.21. The average Bonchev–Trinajstić information content (AvgIpc) is 2.67. The van der Waals surface area contributed by atoms with E-state index >= 15 is 0 Å². The summed E-state index contributed by atoms with van der Waals surface area (Å²) in [7, 11) is -3.77. The molecule has 0 bridgehead atoms. The first-order valence-electron chi connectivity index (χ1n) is 9.00. The first kappa shape index (κ1) is 20.7. The maximum absolute atomic E-state index is 13.8. The minimum absolute atomic E-state index is 0.200. The molecule has 10 heteroatoms. The molecule has 154 valence electrons. The van der Waals surface area contributed by atoms with E-state index in [1.54, 1.807) is 6.07 Å². The van der Waals surface area contributed by atoms with Gasteiger partial charge in [-0.2, -0.15) is 0 Å². The van der Waals surface area contributed by atoms with Gasteiger partial charge in [-0.1, -0.05) is 0 Å². The second-order valence-corrected chi connectivity index (χ2v) is 8.92. The number of hydrogen-bond acceptors (Lipinski definition) is 6. The first-order valence-corrected chi connectivity index (χ1v) is 10.9. The Kier molecular flexibility index (Phi) is 5.83. The number of nitro groups is 1. The smallest absolute Gasteiger partial charge is 0.271 e. The minimum atomic E-state index is -3.77. The lowest BCUT2D eigenvalue weighted by Gasteiger charge is -2.30. The fourth-order valence-corrected chi connectivity index (χ4v) is 3.92. The van der Waals surface area contributed by atoms with Crippen molar-refractivity contribution in [1.29, 1.82) is 0 Å². The van der Waals surface area contributed by atoms with E-state index in [9.17, 15) is 27.7 Å². The van der Waals surface area contributed by atoms with Crippen molar-refractivity contribution in [2.45, 2.75) is 24.2 Å². The van der Waals surface area contributed by atoms with Crippen molar-refractivity contribution in [3.8, 4) is 0 Å². The number of piperidine rings is 1. The molecule has 2 aromatic rings. The number of carbonyl (C=O) groups is 1. The number of nitrogens with zero attached hydrogens (tertiary/aromatic N) is 2. The zero-order valence-electron chi connectivity index (χ0n) is 15.7. The van der Waals surface area contributed by atoms with Crippen molar-refractivity contribution >= 4 is 32.8 Å². The van der Waals surface area contributed by atoms with Crippen molar-refractivity contribution in [1.82, 2.24) is 0 Å². The number of nitrogens with one attached hydrogen (secondary N) is 1. The molecule has 0 radical (unpaired) electrons.